The summed E-state index contributed by atoms with van der Waals surface area (Å²) in [5.74, 6) is 1.28. The minimum absolute atomic E-state index is 0.0647. The Morgan fingerprint density at radius 2 is 1.91 bits per heavy atom. The van der Waals surface area contributed by atoms with Gasteiger partial charge in [0.15, 0.2) is 5.15 Å². The minimum atomic E-state index is -0.0647. The molecule has 116 valence electrons. The topological polar surface area (TPSA) is 57.4 Å². The van der Waals surface area contributed by atoms with Crippen LogP contribution in [0.5, 0.6) is 0 Å². The van der Waals surface area contributed by atoms with Gasteiger partial charge < -0.3 is 4.98 Å². The summed E-state index contributed by atoms with van der Waals surface area (Å²) in [6.07, 6.45) is 0. The number of hydrogen-bond donors (Lipinski definition) is 2. The summed E-state index contributed by atoms with van der Waals surface area (Å²) < 4.78 is 0. The third kappa shape index (κ3) is 2.52. The Kier molecular flexibility index (Phi) is 3.52. The van der Waals surface area contributed by atoms with Gasteiger partial charge in [0.25, 0.3) is 0 Å². The maximum absolute atomic E-state index is 6.32. The molecular weight excluding hydrogens is 296 g/mol. The monoisotopic (exact) mass is 316 g/mol. The van der Waals surface area contributed by atoms with Gasteiger partial charge in [-0.1, -0.05) is 58.4 Å². The lowest BCUT2D eigenvalue weighted by Gasteiger charge is -2.14. The van der Waals surface area contributed by atoms with Gasteiger partial charge in [-0.15, -0.1) is 0 Å². The molecular formula is C17H21ClN4. The van der Waals surface area contributed by atoms with Gasteiger partial charge >= 0.3 is 0 Å². The number of rotatable bonds is 2. The Morgan fingerprint density at radius 1 is 1.18 bits per heavy atom. The maximum atomic E-state index is 6.32. The van der Waals surface area contributed by atoms with Crippen LogP contribution in [0.1, 0.15) is 52.1 Å². The lowest BCUT2D eigenvalue weighted by atomic mass is 9.96. The summed E-state index contributed by atoms with van der Waals surface area (Å²) in [6.45, 7) is 10.6. The summed E-state index contributed by atoms with van der Waals surface area (Å²) in [4.78, 5) is 7.81. The maximum Gasteiger partial charge on any atom is 0.155 e. The Morgan fingerprint density at radius 3 is 2.50 bits per heavy atom. The van der Waals surface area contributed by atoms with Crippen molar-refractivity contribution >= 4 is 22.5 Å². The summed E-state index contributed by atoms with van der Waals surface area (Å²) in [5, 5.41) is 9.19. The number of benzene rings is 1. The first-order valence-corrected chi connectivity index (χ1v) is 7.89. The van der Waals surface area contributed by atoms with Crippen LogP contribution in [-0.2, 0) is 5.41 Å². The van der Waals surface area contributed by atoms with E-state index in [0.717, 1.165) is 33.7 Å². The lowest BCUT2D eigenvalue weighted by Crippen LogP contribution is -2.13. The lowest BCUT2D eigenvalue weighted by molar-refractivity contribution is 0.553. The number of fused-ring (bicyclic) bond motifs is 1. The van der Waals surface area contributed by atoms with Gasteiger partial charge in [0.05, 0.1) is 16.9 Å². The van der Waals surface area contributed by atoms with E-state index in [1.54, 1.807) is 0 Å². The SMILES string of the molecule is CC(C)c1n[nH]c2cc(-c3[nH]c(C(C)(C)C)nc3Cl)ccc12. The fraction of sp³-hybridized carbons (Fsp3) is 0.412. The normalized spacial score (nSPS) is 12.5. The van der Waals surface area contributed by atoms with Crippen LogP contribution in [0.2, 0.25) is 5.15 Å². The highest BCUT2D eigenvalue weighted by Gasteiger charge is 2.21. The molecule has 0 saturated carbocycles. The van der Waals surface area contributed by atoms with Gasteiger partial charge in [-0.3, -0.25) is 5.10 Å². The van der Waals surface area contributed by atoms with Gasteiger partial charge in [0, 0.05) is 16.4 Å². The van der Waals surface area contributed by atoms with Crippen LogP contribution >= 0.6 is 11.6 Å². The first-order chi connectivity index (χ1) is 10.3. The number of nitrogens with zero attached hydrogens (tertiary/aromatic N) is 2. The second-order valence-electron chi connectivity index (χ2n) is 7.03. The van der Waals surface area contributed by atoms with E-state index < -0.39 is 0 Å². The molecule has 0 fully saturated rings. The van der Waals surface area contributed by atoms with E-state index in [2.05, 4.69) is 73.0 Å². The number of aromatic nitrogens is 4. The fourth-order valence-corrected chi connectivity index (χ4v) is 2.78. The molecule has 0 aliphatic rings. The molecule has 2 heterocycles. The van der Waals surface area contributed by atoms with Crippen molar-refractivity contribution in [3.8, 4) is 11.3 Å². The van der Waals surface area contributed by atoms with Gasteiger partial charge in [-0.25, -0.2) is 4.98 Å². The molecule has 4 nitrogen and oxygen atoms in total. The average Bonchev–Trinajstić information content (AvgIpc) is 3.00. The molecule has 0 aliphatic heterocycles. The van der Waals surface area contributed by atoms with Crippen LogP contribution < -0.4 is 0 Å². The highest BCUT2D eigenvalue weighted by atomic mass is 35.5. The third-order valence-electron chi connectivity index (χ3n) is 3.80. The predicted octanol–water partition coefficient (Wildman–Crippen LogP) is 5.03. The Balaban J connectivity index is 2.09. The second kappa shape index (κ2) is 5.13. The summed E-state index contributed by atoms with van der Waals surface area (Å²) >= 11 is 6.32. The molecule has 22 heavy (non-hydrogen) atoms. The minimum Gasteiger partial charge on any atom is -0.340 e. The standard InChI is InChI=1S/C17H21ClN4/c1-9(2)13-11-7-6-10(8-12(11)21-22-13)14-15(18)20-16(19-14)17(3,4)5/h6-9H,1-5H3,(H,19,20)(H,21,22). The van der Waals surface area contributed by atoms with Gasteiger partial charge in [0.1, 0.15) is 5.82 Å². The number of halogens is 1. The van der Waals surface area contributed by atoms with Crippen molar-refractivity contribution in [2.24, 2.45) is 0 Å². The Bertz CT molecular complexity index is 821. The molecule has 0 unspecified atom stereocenters. The van der Waals surface area contributed by atoms with Crippen molar-refractivity contribution in [1.82, 2.24) is 20.2 Å². The highest BCUT2D eigenvalue weighted by Crippen LogP contribution is 2.32. The van der Waals surface area contributed by atoms with E-state index in [1.807, 2.05) is 0 Å². The van der Waals surface area contributed by atoms with Crippen LogP contribution in [-0.4, -0.2) is 20.2 Å². The molecule has 0 amide bonds. The van der Waals surface area contributed by atoms with E-state index in [0.29, 0.717) is 11.1 Å². The summed E-state index contributed by atoms with van der Waals surface area (Å²) in [7, 11) is 0. The van der Waals surface area contributed by atoms with E-state index in [-0.39, 0.29) is 5.41 Å². The molecule has 0 saturated heterocycles. The molecule has 0 bridgehead atoms. The van der Waals surface area contributed by atoms with Crippen LogP contribution in [0.4, 0.5) is 0 Å². The van der Waals surface area contributed by atoms with Crippen LogP contribution in [0, 0.1) is 0 Å². The first kappa shape index (κ1) is 15.1. The van der Waals surface area contributed by atoms with E-state index in [4.69, 9.17) is 11.6 Å². The smallest absolute Gasteiger partial charge is 0.155 e. The van der Waals surface area contributed by atoms with Crippen molar-refractivity contribution in [2.75, 3.05) is 0 Å². The zero-order valence-corrected chi connectivity index (χ0v) is 14.3. The fourth-order valence-electron chi connectivity index (χ4n) is 2.53. The third-order valence-corrected chi connectivity index (χ3v) is 4.07. The van der Waals surface area contributed by atoms with E-state index >= 15 is 0 Å². The predicted molar refractivity (Wildman–Crippen MR) is 91.5 cm³/mol. The zero-order valence-electron chi connectivity index (χ0n) is 13.6. The van der Waals surface area contributed by atoms with Crippen molar-refractivity contribution in [3.63, 3.8) is 0 Å². The Hall–Kier alpha value is -1.81. The molecule has 5 heteroatoms. The quantitative estimate of drug-likeness (QED) is 0.696. The molecule has 2 aromatic heterocycles. The molecule has 2 N–H and O–H groups in total. The molecule has 0 aliphatic carbocycles. The van der Waals surface area contributed by atoms with Crippen LogP contribution in [0.15, 0.2) is 18.2 Å². The molecule has 1 aromatic carbocycles. The van der Waals surface area contributed by atoms with Gasteiger partial charge in [-0.05, 0) is 12.0 Å². The van der Waals surface area contributed by atoms with Gasteiger partial charge in [0.2, 0.25) is 0 Å². The Labute approximate surface area is 135 Å². The average molecular weight is 317 g/mol. The molecule has 0 atom stereocenters. The van der Waals surface area contributed by atoms with Gasteiger partial charge in [-0.2, -0.15) is 5.10 Å². The largest absolute Gasteiger partial charge is 0.340 e. The number of nitrogens with one attached hydrogen (secondary N) is 2. The zero-order chi connectivity index (χ0) is 16.1. The summed E-state index contributed by atoms with van der Waals surface area (Å²) in [6, 6.07) is 6.23. The van der Waals surface area contributed by atoms with Crippen molar-refractivity contribution in [1.29, 1.82) is 0 Å². The number of H-pyrrole nitrogens is 2. The van der Waals surface area contributed by atoms with Crippen LogP contribution in [0.3, 0.4) is 0 Å². The number of aromatic amines is 2. The molecule has 3 rings (SSSR count). The van der Waals surface area contributed by atoms with E-state index in [1.165, 1.54) is 0 Å². The molecule has 0 radical (unpaired) electrons. The van der Waals surface area contributed by atoms with Crippen LogP contribution in [0.25, 0.3) is 22.2 Å². The second-order valence-corrected chi connectivity index (χ2v) is 7.38. The van der Waals surface area contributed by atoms with Crippen molar-refractivity contribution in [3.05, 3.63) is 34.9 Å². The van der Waals surface area contributed by atoms with Crippen molar-refractivity contribution < 1.29 is 0 Å². The number of hydrogen-bond acceptors (Lipinski definition) is 2. The van der Waals surface area contributed by atoms with E-state index in [9.17, 15) is 0 Å². The highest BCUT2D eigenvalue weighted by molar-refractivity contribution is 6.32. The molecule has 0 spiro atoms. The summed E-state index contributed by atoms with van der Waals surface area (Å²) in [5.41, 5.74) is 3.91. The number of imidazole rings is 1. The first-order valence-electron chi connectivity index (χ1n) is 7.51. The van der Waals surface area contributed by atoms with Crippen molar-refractivity contribution in [2.45, 2.75) is 46.0 Å². The molecule has 3 aromatic rings.